The van der Waals surface area contributed by atoms with E-state index in [9.17, 15) is 9.59 Å². The molecule has 38 heavy (non-hydrogen) atoms. The predicted octanol–water partition coefficient (Wildman–Crippen LogP) is 7.14. The molecule has 2 aliphatic carbocycles. The highest BCUT2D eigenvalue weighted by Gasteiger charge is 2.30. The summed E-state index contributed by atoms with van der Waals surface area (Å²) in [6.07, 6.45) is 17.5. The van der Waals surface area contributed by atoms with E-state index in [1.165, 1.54) is 57.1 Å². The van der Waals surface area contributed by atoms with Crippen molar-refractivity contribution in [3.63, 3.8) is 0 Å². The number of carbonyl (C=O) groups is 2. The third kappa shape index (κ3) is 10.9. The van der Waals surface area contributed by atoms with E-state index in [0.717, 1.165) is 44.4 Å². The van der Waals surface area contributed by atoms with Crippen molar-refractivity contribution >= 4 is 23.7 Å². The van der Waals surface area contributed by atoms with E-state index in [1.54, 1.807) is 0 Å². The van der Waals surface area contributed by atoms with Crippen LogP contribution in [0.25, 0.3) is 0 Å². The lowest BCUT2D eigenvalue weighted by atomic mass is 9.80. The van der Waals surface area contributed by atoms with Crippen molar-refractivity contribution < 1.29 is 19.1 Å². The van der Waals surface area contributed by atoms with Crippen LogP contribution in [-0.2, 0) is 19.1 Å². The smallest absolute Gasteiger partial charge is 0.330 e. The maximum atomic E-state index is 11.2. The van der Waals surface area contributed by atoms with Crippen molar-refractivity contribution in [3.8, 4) is 23.7 Å². The lowest BCUT2D eigenvalue weighted by molar-refractivity contribution is -0.138. The van der Waals surface area contributed by atoms with Gasteiger partial charge in [0.2, 0.25) is 0 Å². The molecule has 0 spiro atoms. The van der Waals surface area contributed by atoms with E-state index < -0.39 is 0 Å². The van der Waals surface area contributed by atoms with Gasteiger partial charge in [0.25, 0.3) is 0 Å². The van der Waals surface area contributed by atoms with Crippen LogP contribution in [0.15, 0.2) is 25.3 Å². The molecule has 0 bridgehead atoms. The Hall–Kier alpha value is -2.11. The topological polar surface area (TPSA) is 52.6 Å². The summed E-state index contributed by atoms with van der Waals surface area (Å²) >= 11 is 1.99. The van der Waals surface area contributed by atoms with Crippen LogP contribution >= 0.6 is 11.8 Å². The minimum absolute atomic E-state index is 0.321. The Kier molecular flexibility index (Phi) is 13.4. The van der Waals surface area contributed by atoms with Gasteiger partial charge in [-0.05, 0) is 94.8 Å². The largest absolute Gasteiger partial charge is 0.463 e. The highest BCUT2D eigenvalue weighted by molar-refractivity contribution is 8.01. The molecule has 3 aliphatic rings. The van der Waals surface area contributed by atoms with Crippen LogP contribution in [0.5, 0.6) is 0 Å². The summed E-state index contributed by atoms with van der Waals surface area (Å²) in [5.74, 6) is 17.0. The molecule has 3 unspecified atom stereocenters. The molecule has 4 nitrogen and oxygen atoms in total. The highest BCUT2D eigenvalue weighted by Crippen LogP contribution is 2.39. The zero-order valence-corrected chi connectivity index (χ0v) is 24.1. The second-order valence-corrected chi connectivity index (χ2v) is 12.6. The van der Waals surface area contributed by atoms with Crippen LogP contribution in [0, 0.1) is 53.3 Å². The summed E-state index contributed by atoms with van der Waals surface area (Å²) in [4.78, 5) is 22.3. The molecule has 0 aromatic heterocycles. The van der Waals surface area contributed by atoms with Crippen molar-refractivity contribution in [1.29, 1.82) is 0 Å². The molecule has 1 aliphatic heterocycles. The third-order valence-corrected chi connectivity index (χ3v) is 9.85. The maximum absolute atomic E-state index is 11.2. The summed E-state index contributed by atoms with van der Waals surface area (Å²) in [5, 5.41) is 0.834. The summed E-state index contributed by atoms with van der Waals surface area (Å²) in [6, 6.07) is 0. The number of hydrogen-bond donors (Lipinski definition) is 0. The van der Waals surface area contributed by atoms with Gasteiger partial charge in [0.15, 0.2) is 0 Å². The van der Waals surface area contributed by atoms with Crippen molar-refractivity contribution in [3.05, 3.63) is 25.3 Å². The highest BCUT2D eigenvalue weighted by atomic mass is 32.2. The molecular weight excluding hydrogens is 492 g/mol. The van der Waals surface area contributed by atoms with Gasteiger partial charge < -0.3 is 9.47 Å². The zero-order valence-electron chi connectivity index (χ0n) is 23.3. The number of hydrogen-bond acceptors (Lipinski definition) is 5. The van der Waals surface area contributed by atoms with Gasteiger partial charge in [-0.15, -0.1) is 11.8 Å². The van der Waals surface area contributed by atoms with Crippen LogP contribution < -0.4 is 0 Å². The monoisotopic (exact) mass is 538 g/mol. The normalized spacial score (nSPS) is 30.6. The molecule has 208 valence electrons. The Bertz CT molecular complexity index is 903. The molecule has 0 aromatic rings. The lowest BCUT2D eigenvalue weighted by Gasteiger charge is -2.25. The minimum Gasteiger partial charge on any atom is -0.463 e. The average molecular weight is 539 g/mol. The number of ether oxygens (including phenoxy) is 2. The molecule has 1 heterocycles. The van der Waals surface area contributed by atoms with Crippen molar-refractivity contribution in [2.45, 2.75) is 101 Å². The molecule has 0 N–H and O–H groups in total. The number of thioether (sulfide) groups is 1. The Morgan fingerprint density at radius 3 is 1.92 bits per heavy atom. The first-order valence-electron chi connectivity index (χ1n) is 14.7. The molecule has 0 amide bonds. The molecule has 5 heteroatoms. The Morgan fingerprint density at radius 1 is 0.763 bits per heavy atom. The molecule has 3 rings (SSSR count). The molecule has 3 atom stereocenters. The van der Waals surface area contributed by atoms with E-state index in [1.807, 2.05) is 11.8 Å². The molecule has 0 radical (unpaired) electrons. The van der Waals surface area contributed by atoms with Crippen molar-refractivity contribution in [2.75, 3.05) is 13.2 Å². The van der Waals surface area contributed by atoms with Gasteiger partial charge in [0.05, 0.1) is 23.7 Å². The molecule has 0 aromatic carbocycles. The van der Waals surface area contributed by atoms with Gasteiger partial charge in [-0.3, -0.25) is 0 Å². The number of rotatable bonds is 10. The first-order chi connectivity index (χ1) is 18.5. The molecule has 2 saturated carbocycles. The Labute approximate surface area is 235 Å². The molecule has 3 fully saturated rings. The molecular formula is C33H46O4S. The number of unbranched alkanes of at least 4 members (excludes halogenated alkanes) is 1. The van der Waals surface area contributed by atoms with E-state index >= 15 is 0 Å². The van der Waals surface area contributed by atoms with E-state index in [4.69, 9.17) is 9.47 Å². The van der Waals surface area contributed by atoms with E-state index in [-0.39, 0.29) is 11.9 Å². The van der Waals surface area contributed by atoms with Crippen molar-refractivity contribution in [2.24, 2.45) is 29.6 Å². The van der Waals surface area contributed by atoms with Crippen LogP contribution in [0.3, 0.4) is 0 Å². The second-order valence-electron chi connectivity index (χ2n) is 11.3. The quantitative estimate of drug-likeness (QED) is 0.128. The number of esters is 2. The van der Waals surface area contributed by atoms with Gasteiger partial charge in [-0.1, -0.05) is 50.2 Å². The Balaban J connectivity index is 1.30. The van der Waals surface area contributed by atoms with Gasteiger partial charge in [0.1, 0.15) is 0 Å². The SMILES string of the molecule is C=CC(=O)OCCCCC1CCC(C#CC2SC(C#CC3CCC(CCOC(=O)C=C)CC3)CC2C)CC1. The fourth-order valence-electron chi connectivity index (χ4n) is 5.85. The fraction of sp³-hybridized carbons (Fsp3) is 0.697. The van der Waals surface area contributed by atoms with Crippen LogP contribution in [-0.4, -0.2) is 35.7 Å². The van der Waals surface area contributed by atoms with Crippen LogP contribution in [0.1, 0.15) is 90.4 Å². The van der Waals surface area contributed by atoms with Crippen molar-refractivity contribution in [1.82, 2.24) is 0 Å². The third-order valence-electron chi connectivity index (χ3n) is 8.34. The van der Waals surface area contributed by atoms with E-state index in [2.05, 4.69) is 43.8 Å². The second kappa shape index (κ2) is 16.8. The first-order valence-corrected chi connectivity index (χ1v) is 15.7. The first kappa shape index (κ1) is 30.4. The van der Waals surface area contributed by atoms with Gasteiger partial charge in [-0.2, -0.15) is 0 Å². The lowest BCUT2D eigenvalue weighted by Crippen LogP contribution is -2.16. The number of carbonyl (C=O) groups excluding carboxylic acids is 2. The maximum Gasteiger partial charge on any atom is 0.330 e. The summed E-state index contributed by atoms with van der Waals surface area (Å²) < 4.78 is 10.2. The van der Waals surface area contributed by atoms with Crippen LogP contribution in [0.2, 0.25) is 0 Å². The van der Waals surface area contributed by atoms with Crippen LogP contribution in [0.4, 0.5) is 0 Å². The fourth-order valence-corrected chi connectivity index (χ4v) is 7.27. The average Bonchev–Trinajstić information content (AvgIpc) is 3.30. The van der Waals surface area contributed by atoms with Gasteiger partial charge >= 0.3 is 11.9 Å². The van der Waals surface area contributed by atoms with E-state index in [0.29, 0.717) is 47.4 Å². The molecule has 1 saturated heterocycles. The minimum atomic E-state index is -0.322. The zero-order chi connectivity index (χ0) is 27.2. The standard InChI is InChI=1S/C33H46O4S/c1-4-32(34)36-22-7-6-8-26-9-11-28(12-10-26)18-20-31-25(3)24-30(38-31)19-17-27-13-15-29(16-14-27)21-23-37-33(35)5-2/h4-5,25-31H,1-2,6-16,21-24H2,3H3. The summed E-state index contributed by atoms with van der Waals surface area (Å²) in [6.45, 7) is 10.2. The van der Waals surface area contributed by atoms with Gasteiger partial charge in [0, 0.05) is 24.0 Å². The summed E-state index contributed by atoms with van der Waals surface area (Å²) in [7, 11) is 0. The Morgan fingerprint density at radius 2 is 1.32 bits per heavy atom. The summed E-state index contributed by atoms with van der Waals surface area (Å²) in [5.41, 5.74) is 0. The van der Waals surface area contributed by atoms with Gasteiger partial charge in [-0.25, -0.2) is 9.59 Å². The predicted molar refractivity (Wildman–Crippen MR) is 156 cm³/mol.